The lowest BCUT2D eigenvalue weighted by Crippen LogP contribution is -2.68. The van der Waals surface area contributed by atoms with Crippen molar-refractivity contribution in [2.45, 2.75) is 143 Å². The number of aliphatic hydroxyl groups excluding tert-OH is 6. The predicted molar refractivity (Wildman–Crippen MR) is 162 cm³/mol. The van der Waals surface area contributed by atoms with Gasteiger partial charge in [-0.3, -0.25) is 0 Å². The van der Waals surface area contributed by atoms with Gasteiger partial charge in [0.2, 0.25) is 0 Å². The van der Waals surface area contributed by atoms with Crippen LogP contribution in [0.3, 0.4) is 0 Å². The van der Waals surface area contributed by atoms with Crippen molar-refractivity contribution in [1.82, 2.24) is 0 Å². The van der Waals surface area contributed by atoms with Gasteiger partial charge < -0.3 is 40.1 Å². The third kappa shape index (κ3) is 4.23. The number of rotatable bonds is 4. The molecule has 0 aromatic carbocycles. The molecule has 0 aromatic rings. The molecule has 0 aromatic heterocycles. The molecular weight excluding hydrogens is 548 g/mol. The van der Waals surface area contributed by atoms with Crippen LogP contribution < -0.4 is 0 Å². The zero-order valence-corrected chi connectivity index (χ0v) is 27.4. The van der Waals surface area contributed by atoms with Crippen LogP contribution in [-0.4, -0.2) is 86.8 Å². The Morgan fingerprint density at radius 3 is 2.19 bits per heavy atom. The van der Waals surface area contributed by atoms with Crippen LogP contribution >= 0.6 is 0 Å². The Kier molecular flexibility index (Phi) is 7.68. The van der Waals surface area contributed by atoms with Crippen molar-refractivity contribution in [3.05, 3.63) is 11.6 Å². The van der Waals surface area contributed by atoms with E-state index in [-0.39, 0.29) is 40.3 Å². The van der Waals surface area contributed by atoms with Crippen LogP contribution in [0.1, 0.15) is 99.8 Å². The number of hydrogen-bond donors (Lipinski definition) is 6. The Hall–Kier alpha value is -0.580. The van der Waals surface area contributed by atoms with Gasteiger partial charge in [-0.2, -0.15) is 0 Å². The summed E-state index contributed by atoms with van der Waals surface area (Å²) in [5.74, 6) is 0.941. The monoisotopic (exact) mass is 606 g/mol. The Morgan fingerprint density at radius 1 is 0.837 bits per heavy atom. The van der Waals surface area contributed by atoms with Gasteiger partial charge in [0.1, 0.15) is 18.3 Å². The second kappa shape index (κ2) is 10.2. The standard InChI is InChI=1S/C35H58O8/c1-30(2)16-20-19-8-9-23-32(5)12-11-24(37)31(3,4)22(32)10-13-34(23,7)33(19,6)14-15-35(20,28(41)27(30)40)18-42-29-26(39)25(38)21(17-36)43-29/h8,20-29,36-41H,9-18H2,1-7H3. The van der Waals surface area contributed by atoms with Crippen molar-refractivity contribution >= 4 is 0 Å². The van der Waals surface area contributed by atoms with Crippen LogP contribution in [0.5, 0.6) is 0 Å². The maximum absolute atomic E-state index is 11.9. The summed E-state index contributed by atoms with van der Waals surface area (Å²) in [6.45, 7) is 15.8. The highest BCUT2D eigenvalue weighted by molar-refractivity contribution is 5.35. The van der Waals surface area contributed by atoms with Crippen LogP contribution in [0.15, 0.2) is 11.6 Å². The lowest BCUT2D eigenvalue weighted by Gasteiger charge is -2.72. The Morgan fingerprint density at radius 2 is 1.53 bits per heavy atom. The fourth-order valence-corrected chi connectivity index (χ4v) is 12.0. The van der Waals surface area contributed by atoms with E-state index in [0.29, 0.717) is 24.7 Å². The summed E-state index contributed by atoms with van der Waals surface area (Å²) in [4.78, 5) is 0. The molecule has 0 amide bonds. The Labute approximate surface area is 257 Å². The summed E-state index contributed by atoms with van der Waals surface area (Å²) in [6, 6.07) is 0. The third-order valence-corrected chi connectivity index (χ3v) is 15.1. The molecule has 1 heterocycles. The molecular formula is C35H58O8. The van der Waals surface area contributed by atoms with Gasteiger partial charge in [0, 0.05) is 5.41 Å². The van der Waals surface area contributed by atoms with E-state index in [9.17, 15) is 30.6 Å². The number of allylic oxidation sites excluding steroid dienone is 2. The van der Waals surface area contributed by atoms with Gasteiger partial charge >= 0.3 is 0 Å². The van der Waals surface area contributed by atoms with Crippen molar-refractivity contribution in [1.29, 1.82) is 0 Å². The molecule has 0 radical (unpaired) electrons. The molecule has 5 aliphatic carbocycles. The molecule has 0 bridgehead atoms. The van der Waals surface area contributed by atoms with Gasteiger partial charge in [-0.25, -0.2) is 0 Å². The van der Waals surface area contributed by atoms with E-state index in [1.54, 1.807) is 0 Å². The van der Waals surface area contributed by atoms with Crippen LogP contribution in [0, 0.1) is 50.2 Å². The van der Waals surface area contributed by atoms with E-state index in [0.717, 1.165) is 38.5 Å². The fourth-order valence-electron chi connectivity index (χ4n) is 12.0. The molecule has 6 aliphatic rings. The van der Waals surface area contributed by atoms with E-state index in [2.05, 4.69) is 40.7 Å². The first-order valence-corrected chi connectivity index (χ1v) is 16.9. The van der Waals surface area contributed by atoms with Crippen molar-refractivity contribution in [3.8, 4) is 0 Å². The lowest BCUT2D eigenvalue weighted by molar-refractivity contribution is -0.251. The zero-order valence-electron chi connectivity index (χ0n) is 27.4. The maximum Gasteiger partial charge on any atom is 0.186 e. The van der Waals surface area contributed by atoms with Gasteiger partial charge in [-0.15, -0.1) is 0 Å². The molecule has 8 heteroatoms. The van der Waals surface area contributed by atoms with Crippen LogP contribution in [-0.2, 0) is 9.47 Å². The number of fused-ring (bicyclic) bond motifs is 7. The molecule has 14 atom stereocenters. The topological polar surface area (TPSA) is 140 Å². The molecule has 0 spiro atoms. The summed E-state index contributed by atoms with van der Waals surface area (Å²) in [5, 5.41) is 64.8. The number of hydrogen-bond acceptors (Lipinski definition) is 8. The summed E-state index contributed by atoms with van der Waals surface area (Å²) in [5.41, 5.74) is 0.117. The minimum absolute atomic E-state index is 0.0234. The largest absolute Gasteiger partial charge is 0.394 e. The highest BCUT2D eigenvalue weighted by Gasteiger charge is 2.70. The first kappa shape index (κ1) is 32.4. The fraction of sp³-hybridized carbons (Fsp3) is 0.943. The van der Waals surface area contributed by atoms with Gasteiger partial charge in [0.05, 0.1) is 31.5 Å². The summed E-state index contributed by atoms with van der Waals surface area (Å²) >= 11 is 0. The normalized spacial score (nSPS) is 55.4. The molecule has 246 valence electrons. The summed E-state index contributed by atoms with van der Waals surface area (Å²) in [6.07, 6.45) is 3.01. The second-order valence-corrected chi connectivity index (χ2v) is 17.6. The first-order chi connectivity index (χ1) is 19.9. The lowest BCUT2D eigenvalue weighted by atomic mass is 9.33. The van der Waals surface area contributed by atoms with E-state index in [4.69, 9.17) is 9.47 Å². The number of ether oxygens (including phenoxy) is 2. The van der Waals surface area contributed by atoms with Crippen molar-refractivity contribution < 1.29 is 40.1 Å². The Bertz CT molecular complexity index is 1120. The highest BCUT2D eigenvalue weighted by Crippen LogP contribution is 2.75. The maximum atomic E-state index is 11.9. The van der Waals surface area contributed by atoms with Gasteiger partial charge in [-0.05, 0) is 96.2 Å². The van der Waals surface area contributed by atoms with Gasteiger partial charge in [-0.1, -0.05) is 60.1 Å². The molecule has 1 aliphatic heterocycles. The average Bonchev–Trinajstić information content (AvgIpc) is 3.22. The van der Waals surface area contributed by atoms with E-state index < -0.39 is 54.2 Å². The summed E-state index contributed by atoms with van der Waals surface area (Å²) < 4.78 is 11.9. The molecule has 5 fully saturated rings. The quantitative estimate of drug-likeness (QED) is 0.267. The van der Waals surface area contributed by atoms with Crippen LogP contribution in [0.25, 0.3) is 0 Å². The minimum atomic E-state index is -1.30. The summed E-state index contributed by atoms with van der Waals surface area (Å²) in [7, 11) is 0. The molecule has 8 nitrogen and oxygen atoms in total. The molecule has 1 saturated heterocycles. The van der Waals surface area contributed by atoms with Crippen LogP contribution in [0.2, 0.25) is 0 Å². The number of aliphatic hydroxyl groups is 6. The smallest absolute Gasteiger partial charge is 0.186 e. The van der Waals surface area contributed by atoms with Gasteiger partial charge in [0.25, 0.3) is 0 Å². The van der Waals surface area contributed by atoms with E-state index in [1.165, 1.54) is 5.57 Å². The minimum Gasteiger partial charge on any atom is -0.394 e. The van der Waals surface area contributed by atoms with Gasteiger partial charge in [0.15, 0.2) is 6.29 Å². The highest BCUT2D eigenvalue weighted by atomic mass is 16.7. The van der Waals surface area contributed by atoms with E-state index in [1.807, 2.05) is 13.8 Å². The third-order valence-electron chi connectivity index (χ3n) is 15.1. The average molecular weight is 607 g/mol. The van der Waals surface area contributed by atoms with Crippen molar-refractivity contribution in [2.24, 2.45) is 50.2 Å². The van der Waals surface area contributed by atoms with Crippen LogP contribution in [0.4, 0.5) is 0 Å². The van der Waals surface area contributed by atoms with Crippen molar-refractivity contribution in [3.63, 3.8) is 0 Å². The second-order valence-electron chi connectivity index (χ2n) is 17.6. The molecule has 4 saturated carbocycles. The van der Waals surface area contributed by atoms with E-state index >= 15 is 0 Å². The predicted octanol–water partition coefficient (Wildman–Crippen LogP) is 3.55. The molecule has 6 rings (SSSR count). The first-order valence-electron chi connectivity index (χ1n) is 16.9. The molecule has 43 heavy (non-hydrogen) atoms. The Balaban J connectivity index is 1.37. The van der Waals surface area contributed by atoms with Crippen molar-refractivity contribution in [2.75, 3.05) is 13.2 Å². The molecule has 6 N–H and O–H groups in total. The zero-order chi connectivity index (χ0) is 31.5. The molecule has 14 unspecified atom stereocenters. The SMILES string of the molecule is CC1(C)CC2C3=CCC4C5(C)CCC(O)C(C)(C)C5CCC4(C)C3(C)CCC2(COC2OC(CO)C(O)C2O)C(O)C1O.